The summed E-state index contributed by atoms with van der Waals surface area (Å²) in [5.74, 6) is 4.02. The maximum absolute atomic E-state index is 8.99. The first-order chi connectivity index (χ1) is 5.90. The van der Waals surface area contributed by atoms with Crippen LogP contribution in [-0.4, -0.2) is 19.8 Å². The Balaban J connectivity index is 1.83. The van der Waals surface area contributed by atoms with Crippen LogP contribution in [0, 0.1) is 17.1 Å². The van der Waals surface area contributed by atoms with Crippen LogP contribution in [0.2, 0.25) is 12.1 Å². The minimum absolute atomic E-state index is 0.340. The van der Waals surface area contributed by atoms with Gasteiger partial charge in [-0.3, -0.25) is 0 Å². The molecule has 0 aromatic heterocycles. The first-order valence-electron chi connectivity index (χ1n) is 5.00. The molecule has 0 aromatic carbocycles. The monoisotopic (exact) mass is 162 g/mol. The van der Waals surface area contributed by atoms with E-state index in [1.165, 1.54) is 25.6 Å². The SMILES string of the molecule is N#CB(CC1CC1)C1CCNC1. The van der Waals surface area contributed by atoms with Crippen LogP contribution in [0.3, 0.4) is 0 Å². The molecular weight excluding hydrogens is 147 g/mol. The summed E-state index contributed by atoms with van der Waals surface area (Å²) in [5.41, 5.74) is 0. The molecule has 1 heterocycles. The molecule has 2 nitrogen and oxygen atoms in total. The fourth-order valence-corrected chi connectivity index (χ4v) is 2.08. The Morgan fingerprint density at radius 1 is 1.42 bits per heavy atom. The summed E-state index contributed by atoms with van der Waals surface area (Å²) in [4.78, 5) is 0. The lowest BCUT2D eigenvalue weighted by atomic mass is 9.39. The topological polar surface area (TPSA) is 35.8 Å². The number of hydrogen-bond donors (Lipinski definition) is 1. The average Bonchev–Trinajstić information content (AvgIpc) is 2.74. The maximum atomic E-state index is 8.99. The zero-order valence-corrected chi connectivity index (χ0v) is 7.42. The predicted octanol–water partition coefficient (Wildman–Crippen LogP) is 1.32. The van der Waals surface area contributed by atoms with Gasteiger partial charge in [-0.1, -0.05) is 19.2 Å². The summed E-state index contributed by atoms with van der Waals surface area (Å²) >= 11 is 0. The van der Waals surface area contributed by atoms with Gasteiger partial charge in [-0.05, 0) is 31.2 Å². The first-order valence-corrected chi connectivity index (χ1v) is 5.00. The van der Waals surface area contributed by atoms with Gasteiger partial charge < -0.3 is 5.32 Å². The summed E-state index contributed by atoms with van der Waals surface area (Å²) in [6.07, 6.45) is 5.13. The van der Waals surface area contributed by atoms with E-state index >= 15 is 0 Å². The molecule has 2 fully saturated rings. The van der Waals surface area contributed by atoms with Gasteiger partial charge in [0.1, 0.15) is 0 Å². The van der Waals surface area contributed by atoms with E-state index in [0.717, 1.165) is 19.0 Å². The van der Waals surface area contributed by atoms with Crippen molar-refractivity contribution < 1.29 is 0 Å². The lowest BCUT2D eigenvalue weighted by Gasteiger charge is -2.10. The summed E-state index contributed by atoms with van der Waals surface area (Å²) in [6, 6.07) is 0. The number of nitrogens with one attached hydrogen (secondary N) is 1. The minimum atomic E-state index is 0.340. The molecule has 0 spiro atoms. The minimum Gasteiger partial charge on any atom is -0.317 e. The fraction of sp³-hybridized carbons (Fsp3) is 0.889. The van der Waals surface area contributed by atoms with Gasteiger partial charge >= 0.3 is 0 Å². The van der Waals surface area contributed by atoms with Gasteiger partial charge in [0.2, 0.25) is 0 Å². The van der Waals surface area contributed by atoms with E-state index in [2.05, 4.69) is 11.3 Å². The van der Waals surface area contributed by atoms with E-state index in [1.807, 2.05) is 0 Å². The molecule has 0 aromatic rings. The van der Waals surface area contributed by atoms with Crippen LogP contribution < -0.4 is 5.32 Å². The van der Waals surface area contributed by atoms with Gasteiger partial charge in [-0.15, -0.1) is 0 Å². The van der Waals surface area contributed by atoms with Crippen LogP contribution in [0.5, 0.6) is 0 Å². The number of nitriles is 1. The van der Waals surface area contributed by atoms with Gasteiger partial charge in [-0.2, -0.15) is 0 Å². The van der Waals surface area contributed by atoms with Gasteiger partial charge in [-0.25, -0.2) is 5.26 Å². The molecule has 0 radical (unpaired) electrons. The lowest BCUT2D eigenvalue weighted by molar-refractivity contribution is 0.847. The van der Waals surface area contributed by atoms with E-state index in [1.54, 1.807) is 0 Å². The third kappa shape index (κ3) is 1.81. The molecular formula is C9H15BN2. The summed E-state index contributed by atoms with van der Waals surface area (Å²) < 4.78 is 0. The third-order valence-electron chi connectivity index (χ3n) is 3.12. The highest BCUT2D eigenvalue weighted by atomic mass is 14.9. The highest BCUT2D eigenvalue weighted by Gasteiger charge is 2.34. The second-order valence-electron chi connectivity index (χ2n) is 4.17. The number of rotatable bonds is 3. The van der Waals surface area contributed by atoms with Crippen molar-refractivity contribution in [3.63, 3.8) is 0 Å². The summed E-state index contributed by atoms with van der Waals surface area (Å²) in [7, 11) is 0. The van der Waals surface area contributed by atoms with Crippen LogP contribution in [-0.2, 0) is 0 Å². The molecule has 1 saturated carbocycles. The van der Waals surface area contributed by atoms with E-state index in [4.69, 9.17) is 5.26 Å². The second kappa shape index (κ2) is 3.49. The smallest absolute Gasteiger partial charge is 0.272 e. The quantitative estimate of drug-likeness (QED) is 0.635. The Labute approximate surface area is 74.4 Å². The summed E-state index contributed by atoms with van der Waals surface area (Å²) in [5, 5.41) is 12.3. The molecule has 12 heavy (non-hydrogen) atoms. The predicted molar refractivity (Wildman–Crippen MR) is 50.1 cm³/mol. The normalized spacial score (nSPS) is 28.4. The van der Waals surface area contributed by atoms with Gasteiger partial charge in [0, 0.05) is 5.97 Å². The Morgan fingerprint density at radius 3 is 2.75 bits per heavy atom. The molecule has 3 heteroatoms. The first kappa shape index (κ1) is 8.13. The third-order valence-corrected chi connectivity index (χ3v) is 3.12. The molecule has 0 bridgehead atoms. The van der Waals surface area contributed by atoms with Crippen LogP contribution >= 0.6 is 0 Å². The van der Waals surface area contributed by atoms with Crippen molar-refractivity contribution in [1.82, 2.24) is 5.32 Å². The van der Waals surface area contributed by atoms with E-state index in [9.17, 15) is 0 Å². The lowest BCUT2D eigenvalue weighted by Crippen LogP contribution is -2.21. The highest BCUT2D eigenvalue weighted by molar-refractivity contribution is 6.68. The molecule has 64 valence electrons. The molecule has 1 aliphatic heterocycles. The largest absolute Gasteiger partial charge is 0.317 e. The van der Waals surface area contributed by atoms with Gasteiger partial charge in [0.15, 0.2) is 0 Å². The molecule has 0 amide bonds. The molecule has 2 aliphatic rings. The number of nitrogens with zero attached hydrogens (tertiary/aromatic N) is 1. The van der Waals surface area contributed by atoms with E-state index in [-0.39, 0.29) is 0 Å². The van der Waals surface area contributed by atoms with Crippen molar-refractivity contribution in [1.29, 1.82) is 5.26 Å². The molecule has 1 atom stereocenters. The molecule has 2 rings (SSSR count). The van der Waals surface area contributed by atoms with Crippen LogP contribution in [0.4, 0.5) is 0 Å². The zero-order valence-electron chi connectivity index (χ0n) is 7.42. The Bertz CT molecular complexity index is 189. The fourth-order valence-electron chi connectivity index (χ4n) is 2.08. The Hall–Kier alpha value is -0.485. The molecule has 1 unspecified atom stereocenters. The molecule has 1 saturated heterocycles. The van der Waals surface area contributed by atoms with Crippen LogP contribution in [0.1, 0.15) is 19.3 Å². The summed E-state index contributed by atoms with van der Waals surface area (Å²) in [6.45, 7) is 2.53. The standard InChI is InChI=1S/C9H15BN2/c11-7-10(5-8-1-2-8)9-3-4-12-6-9/h8-9,12H,1-6H2. The van der Waals surface area contributed by atoms with Crippen molar-refractivity contribution in [2.45, 2.75) is 31.4 Å². The van der Waals surface area contributed by atoms with Gasteiger partial charge in [0.25, 0.3) is 6.71 Å². The van der Waals surface area contributed by atoms with Crippen LogP contribution in [0.15, 0.2) is 0 Å². The van der Waals surface area contributed by atoms with E-state index in [0.29, 0.717) is 12.5 Å². The molecule has 1 aliphatic carbocycles. The van der Waals surface area contributed by atoms with Crippen molar-refractivity contribution in [3.05, 3.63) is 0 Å². The van der Waals surface area contributed by atoms with Gasteiger partial charge in [0.05, 0.1) is 0 Å². The van der Waals surface area contributed by atoms with Crippen molar-refractivity contribution in [2.24, 2.45) is 5.92 Å². The van der Waals surface area contributed by atoms with Crippen molar-refractivity contribution in [3.8, 4) is 5.97 Å². The highest BCUT2D eigenvalue weighted by Crippen LogP contribution is 2.37. The van der Waals surface area contributed by atoms with Crippen molar-refractivity contribution >= 4 is 6.71 Å². The van der Waals surface area contributed by atoms with Crippen molar-refractivity contribution in [2.75, 3.05) is 13.1 Å². The second-order valence-corrected chi connectivity index (χ2v) is 4.17. The number of hydrogen-bond acceptors (Lipinski definition) is 2. The Morgan fingerprint density at radius 2 is 2.25 bits per heavy atom. The average molecular weight is 162 g/mol. The van der Waals surface area contributed by atoms with E-state index < -0.39 is 0 Å². The zero-order chi connectivity index (χ0) is 8.39. The maximum Gasteiger partial charge on any atom is 0.272 e. The molecule has 1 N–H and O–H groups in total. The van der Waals surface area contributed by atoms with Crippen LogP contribution in [0.25, 0.3) is 0 Å². The Kier molecular flexibility index (Phi) is 2.36.